The second-order valence-electron chi connectivity index (χ2n) is 13.0. The molecule has 2 N–H and O–H groups in total. The van der Waals surface area contributed by atoms with Crippen LogP contribution in [0, 0.1) is 39.4 Å². The van der Waals surface area contributed by atoms with Gasteiger partial charge in [-0.3, -0.25) is 4.79 Å². The number of fused-ring (bicyclic) bond motifs is 5. The number of allylic oxidation sites excluding steroid dienone is 4. The Morgan fingerprint density at radius 2 is 1.85 bits per heavy atom. The summed E-state index contributed by atoms with van der Waals surface area (Å²) in [5.74, 6) is 0.618. The maximum absolute atomic E-state index is 12.8. The lowest BCUT2D eigenvalue weighted by molar-refractivity contribution is -0.138. The van der Waals surface area contributed by atoms with E-state index < -0.39 is 12.1 Å². The molecule has 0 radical (unpaired) electrons. The SMILES string of the molecule is C/C(=C/CC[C@@H](C)[C@H]1C[C@H](O)[C@@]2(C)C3=CC[C@H]4C(C)(C)C(=O)CC[C@]4(C)C3=CC[C@]12C)C(=O)O. The van der Waals surface area contributed by atoms with Gasteiger partial charge in [-0.15, -0.1) is 0 Å². The normalized spacial score (nSPS) is 42.2. The smallest absolute Gasteiger partial charge is 0.330 e. The zero-order valence-electron chi connectivity index (χ0n) is 22.2. The number of ketones is 1. The zero-order chi connectivity index (χ0) is 25.3. The molecule has 4 nitrogen and oxygen atoms in total. The molecule has 0 amide bonds. The monoisotopic (exact) mass is 468 g/mol. The van der Waals surface area contributed by atoms with Crippen molar-refractivity contribution < 1.29 is 19.8 Å². The molecular formula is C30H44O4. The van der Waals surface area contributed by atoms with Crippen LogP contribution in [0.5, 0.6) is 0 Å². The number of hydrogen-bond donors (Lipinski definition) is 2. The first-order valence-corrected chi connectivity index (χ1v) is 13.2. The highest BCUT2D eigenvalue weighted by Gasteiger charge is 2.66. The van der Waals surface area contributed by atoms with Crippen LogP contribution in [0.3, 0.4) is 0 Å². The summed E-state index contributed by atoms with van der Waals surface area (Å²) >= 11 is 0. The summed E-state index contributed by atoms with van der Waals surface area (Å²) < 4.78 is 0. The first-order chi connectivity index (χ1) is 15.7. The summed E-state index contributed by atoms with van der Waals surface area (Å²) in [7, 11) is 0. The lowest BCUT2D eigenvalue weighted by atomic mass is 9.44. The van der Waals surface area contributed by atoms with Crippen molar-refractivity contribution in [3.05, 3.63) is 34.9 Å². The quantitative estimate of drug-likeness (QED) is 0.452. The molecule has 0 aromatic carbocycles. The largest absolute Gasteiger partial charge is 0.478 e. The summed E-state index contributed by atoms with van der Waals surface area (Å²) in [4.78, 5) is 23.9. The number of Topliss-reactive ketones (excluding diaryl/α,β-unsaturated/α-hetero) is 1. The molecule has 2 fully saturated rings. The molecule has 0 heterocycles. The van der Waals surface area contributed by atoms with Gasteiger partial charge in [-0.2, -0.15) is 0 Å². The van der Waals surface area contributed by atoms with E-state index in [4.69, 9.17) is 5.11 Å². The van der Waals surface area contributed by atoms with Crippen LogP contribution in [0.2, 0.25) is 0 Å². The Labute approximate surface area is 205 Å². The number of aliphatic carboxylic acids is 1. The first kappa shape index (κ1) is 25.4. The third-order valence-electron chi connectivity index (χ3n) is 11.2. The van der Waals surface area contributed by atoms with Crippen molar-refractivity contribution >= 4 is 11.8 Å². The fourth-order valence-corrected chi connectivity index (χ4v) is 8.60. The van der Waals surface area contributed by atoms with Gasteiger partial charge in [-0.25, -0.2) is 4.79 Å². The average molecular weight is 469 g/mol. The molecule has 188 valence electrons. The van der Waals surface area contributed by atoms with Crippen molar-refractivity contribution in [3.8, 4) is 0 Å². The molecule has 2 saturated carbocycles. The Hall–Kier alpha value is -1.68. The van der Waals surface area contributed by atoms with Gasteiger partial charge in [0.15, 0.2) is 0 Å². The van der Waals surface area contributed by atoms with Gasteiger partial charge in [0.2, 0.25) is 0 Å². The predicted molar refractivity (Wildman–Crippen MR) is 135 cm³/mol. The molecule has 7 atom stereocenters. The molecule has 0 unspecified atom stereocenters. The predicted octanol–water partition coefficient (Wildman–Crippen LogP) is 6.50. The molecule has 4 heteroatoms. The molecular weight excluding hydrogens is 424 g/mol. The Morgan fingerprint density at radius 3 is 2.50 bits per heavy atom. The number of aliphatic hydroxyl groups excluding tert-OH is 1. The van der Waals surface area contributed by atoms with Crippen molar-refractivity contribution in [1.82, 2.24) is 0 Å². The van der Waals surface area contributed by atoms with Crippen LogP contribution in [-0.4, -0.2) is 28.1 Å². The zero-order valence-corrected chi connectivity index (χ0v) is 22.2. The minimum atomic E-state index is -0.850. The summed E-state index contributed by atoms with van der Waals surface area (Å²) in [5, 5.41) is 20.8. The molecule has 4 aliphatic rings. The number of rotatable bonds is 5. The Balaban J connectivity index is 1.66. The number of carboxylic acids is 1. The van der Waals surface area contributed by atoms with Crippen LogP contribution in [0.25, 0.3) is 0 Å². The second-order valence-corrected chi connectivity index (χ2v) is 13.0. The molecule has 4 rings (SSSR count). The minimum Gasteiger partial charge on any atom is -0.478 e. The van der Waals surface area contributed by atoms with Crippen LogP contribution < -0.4 is 0 Å². The van der Waals surface area contributed by atoms with E-state index in [0.29, 0.717) is 35.5 Å². The van der Waals surface area contributed by atoms with Crippen LogP contribution >= 0.6 is 0 Å². The number of hydrogen-bond acceptors (Lipinski definition) is 3. The Bertz CT molecular complexity index is 984. The maximum atomic E-state index is 12.8. The van der Waals surface area contributed by atoms with E-state index in [0.717, 1.165) is 38.5 Å². The van der Waals surface area contributed by atoms with E-state index in [2.05, 4.69) is 53.7 Å². The topological polar surface area (TPSA) is 74.6 Å². The van der Waals surface area contributed by atoms with E-state index in [1.54, 1.807) is 6.92 Å². The Kier molecular flexibility index (Phi) is 6.12. The fourth-order valence-electron chi connectivity index (χ4n) is 8.60. The van der Waals surface area contributed by atoms with Gasteiger partial charge in [0.25, 0.3) is 0 Å². The van der Waals surface area contributed by atoms with E-state index in [1.807, 2.05) is 6.08 Å². The summed E-state index contributed by atoms with van der Waals surface area (Å²) in [6.07, 6.45) is 12.2. The third kappa shape index (κ3) is 3.34. The molecule has 0 aromatic heterocycles. The highest BCUT2D eigenvalue weighted by atomic mass is 16.4. The van der Waals surface area contributed by atoms with Crippen LogP contribution in [0.1, 0.15) is 93.4 Å². The lowest BCUT2D eigenvalue weighted by Gasteiger charge is -2.60. The molecule has 0 bridgehead atoms. The molecule has 34 heavy (non-hydrogen) atoms. The molecule has 0 saturated heterocycles. The third-order valence-corrected chi connectivity index (χ3v) is 11.2. The van der Waals surface area contributed by atoms with Crippen LogP contribution in [0.15, 0.2) is 34.9 Å². The first-order valence-electron chi connectivity index (χ1n) is 13.2. The van der Waals surface area contributed by atoms with E-state index in [-0.39, 0.29) is 21.7 Å². The van der Waals surface area contributed by atoms with E-state index >= 15 is 0 Å². The number of aliphatic hydroxyl groups is 1. The minimum absolute atomic E-state index is 0.0194. The van der Waals surface area contributed by atoms with Crippen molar-refractivity contribution in [2.24, 2.45) is 39.4 Å². The number of carboxylic acid groups (broad SMARTS) is 1. The lowest BCUT2D eigenvalue weighted by Crippen LogP contribution is -2.54. The molecule has 0 aliphatic heterocycles. The molecule has 0 spiro atoms. The molecule has 0 aromatic rings. The highest BCUT2D eigenvalue weighted by Crippen LogP contribution is 2.71. The Morgan fingerprint density at radius 1 is 1.18 bits per heavy atom. The summed E-state index contributed by atoms with van der Waals surface area (Å²) in [5.41, 5.74) is 2.46. The summed E-state index contributed by atoms with van der Waals surface area (Å²) in [6.45, 7) is 15.2. The van der Waals surface area contributed by atoms with Gasteiger partial charge >= 0.3 is 5.97 Å². The van der Waals surface area contributed by atoms with E-state index in [9.17, 15) is 14.7 Å². The average Bonchev–Trinajstić information content (AvgIpc) is 2.98. The highest BCUT2D eigenvalue weighted by molar-refractivity contribution is 5.86. The number of carbonyl (C=O) groups excluding carboxylic acids is 1. The van der Waals surface area contributed by atoms with Gasteiger partial charge < -0.3 is 10.2 Å². The number of carbonyl (C=O) groups is 2. The van der Waals surface area contributed by atoms with Crippen molar-refractivity contribution in [3.63, 3.8) is 0 Å². The standard InChI is InChI=1S/C30H44O4/c1-18(9-8-10-19(2)26(33)34)22-17-25(32)30(7)21-11-12-23-27(3,4)24(31)14-15-28(23,5)20(21)13-16-29(22,30)6/h10-11,13,18,22-23,25,32H,8-9,12,14-17H2,1-7H3,(H,33,34)/b19-10-/t18-,22-,23+,25+,28-,29-,30-/m1/s1. The van der Waals surface area contributed by atoms with Crippen molar-refractivity contribution in [2.45, 2.75) is 99.5 Å². The van der Waals surface area contributed by atoms with Gasteiger partial charge in [0, 0.05) is 22.8 Å². The summed E-state index contributed by atoms with van der Waals surface area (Å²) in [6, 6.07) is 0. The second kappa shape index (κ2) is 8.18. The molecule has 4 aliphatic carbocycles. The van der Waals surface area contributed by atoms with Gasteiger partial charge in [0.05, 0.1) is 6.10 Å². The van der Waals surface area contributed by atoms with Gasteiger partial charge in [-0.1, -0.05) is 59.8 Å². The van der Waals surface area contributed by atoms with Crippen LogP contribution in [0.4, 0.5) is 0 Å². The van der Waals surface area contributed by atoms with Gasteiger partial charge in [0.1, 0.15) is 5.78 Å². The van der Waals surface area contributed by atoms with E-state index in [1.165, 1.54) is 11.1 Å². The van der Waals surface area contributed by atoms with Gasteiger partial charge in [-0.05, 0) is 85.2 Å². The maximum Gasteiger partial charge on any atom is 0.330 e. The van der Waals surface area contributed by atoms with Crippen molar-refractivity contribution in [1.29, 1.82) is 0 Å². The fraction of sp³-hybridized carbons (Fsp3) is 0.733. The van der Waals surface area contributed by atoms with Crippen molar-refractivity contribution in [2.75, 3.05) is 0 Å². The van der Waals surface area contributed by atoms with Crippen LogP contribution in [-0.2, 0) is 9.59 Å².